The molecule has 5 nitrogen and oxygen atoms in total. The first kappa shape index (κ1) is 18.7. The third-order valence-electron chi connectivity index (χ3n) is 5.13. The van der Waals surface area contributed by atoms with E-state index in [4.69, 9.17) is 16.7 Å². The fraction of sp³-hybridized carbons (Fsp3) is 0.318. The van der Waals surface area contributed by atoms with Gasteiger partial charge in [-0.15, -0.1) is 0 Å². The molecule has 3 aromatic rings. The number of nitrogens with one attached hydrogen (secondary N) is 1. The summed E-state index contributed by atoms with van der Waals surface area (Å²) < 4.78 is 2.11. The average molecular weight is 395 g/mol. The lowest BCUT2D eigenvalue weighted by Gasteiger charge is -2.13. The van der Waals surface area contributed by atoms with E-state index in [0.29, 0.717) is 24.0 Å². The van der Waals surface area contributed by atoms with Gasteiger partial charge >= 0.3 is 0 Å². The minimum absolute atomic E-state index is 0.0304. The number of aromatic nitrogens is 3. The summed E-state index contributed by atoms with van der Waals surface area (Å²) in [5.74, 6) is -0.0304. The van der Waals surface area contributed by atoms with Crippen LogP contribution in [0.25, 0.3) is 11.4 Å². The van der Waals surface area contributed by atoms with Crippen molar-refractivity contribution in [1.29, 1.82) is 0 Å². The molecule has 1 amide bonds. The van der Waals surface area contributed by atoms with Gasteiger partial charge < -0.3 is 5.32 Å². The molecule has 0 spiro atoms. The quantitative estimate of drug-likeness (QED) is 0.666. The summed E-state index contributed by atoms with van der Waals surface area (Å²) in [5.41, 5.74) is 3.74. The largest absolute Gasteiger partial charge is 0.350 e. The summed E-state index contributed by atoms with van der Waals surface area (Å²) in [6.45, 7) is 0.409. The zero-order valence-corrected chi connectivity index (χ0v) is 16.4. The molecule has 1 aliphatic carbocycles. The molecule has 0 aliphatic heterocycles. The molecule has 1 fully saturated rings. The summed E-state index contributed by atoms with van der Waals surface area (Å²) >= 11 is 5.89. The Kier molecular flexibility index (Phi) is 5.72. The van der Waals surface area contributed by atoms with Gasteiger partial charge in [0.2, 0.25) is 5.91 Å². The topological polar surface area (TPSA) is 59.8 Å². The highest BCUT2D eigenvalue weighted by atomic mass is 35.5. The lowest BCUT2D eigenvalue weighted by atomic mass is 10.1. The van der Waals surface area contributed by atoms with Crippen LogP contribution in [0.1, 0.15) is 43.0 Å². The lowest BCUT2D eigenvalue weighted by molar-refractivity contribution is -0.120. The first-order valence-electron chi connectivity index (χ1n) is 9.70. The lowest BCUT2D eigenvalue weighted by Crippen LogP contribution is -2.24. The SMILES string of the molecule is O=C(Cc1ccc(Cl)cc1)NCc1cc(-c2ccccn2)n(C2CCCC2)n1. The van der Waals surface area contributed by atoms with Crippen molar-refractivity contribution in [1.82, 2.24) is 20.1 Å². The van der Waals surface area contributed by atoms with Gasteiger partial charge in [-0.3, -0.25) is 14.5 Å². The summed E-state index contributed by atoms with van der Waals surface area (Å²) in [6, 6.07) is 15.7. The van der Waals surface area contributed by atoms with Gasteiger partial charge in [-0.25, -0.2) is 0 Å². The molecule has 1 aromatic carbocycles. The van der Waals surface area contributed by atoms with Gasteiger partial charge in [-0.2, -0.15) is 5.10 Å². The molecular weight excluding hydrogens is 372 g/mol. The molecular formula is C22H23ClN4O. The van der Waals surface area contributed by atoms with E-state index in [1.165, 1.54) is 12.8 Å². The van der Waals surface area contributed by atoms with Crippen LogP contribution in [-0.4, -0.2) is 20.7 Å². The summed E-state index contributed by atoms with van der Waals surface area (Å²) in [7, 11) is 0. The third kappa shape index (κ3) is 4.42. The highest BCUT2D eigenvalue weighted by molar-refractivity contribution is 6.30. The number of amides is 1. The van der Waals surface area contributed by atoms with Crippen LogP contribution < -0.4 is 5.32 Å². The normalized spacial score (nSPS) is 14.3. The zero-order chi connectivity index (χ0) is 19.3. The predicted octanol–water partition coefficient (Wildman–Crippen LogP) is 4.57. The first-order chi connectivity index (χ1) is 13.7. The number of benzene rings is 1. The van der Waals surface area contributed by atoms with E-state index >= 15 is 0 Å². The van der Waals surface area contributed by atoms with E-state index in [-0.39, 0.29) is 5.91 Å². The minimum Gasteiger partial charge on any atom is -0.350 e. The standard InChI is InChI=1S/C22H23ClN4O/c23-17-10-8-16(9-11-17)13-22(28)25-15-18-14-21(20-7-3-4-12-24-20)27(26-18)19-5-1-2-6-19/h3-4,7-12,14,19H,1-2,5-6,13,15H2,(H,25,28). The maximum absolute atomic E-state index is 12.3. The molecule has 4 rings (SSSR count). The minimum atomic E-state index is -0.0304. The molecule has 0 atom stereocenters. The molecule has 2 aromatic heterocycles. The Balaban J connectivity index is 1.47. The first-order valence-corrected chi connectivity index (χ1v) is 10.1. The van der Waals surface area contributed by atoms with Crippen LogP contribution in [-0.2, 0) is 17.8 Å². The van der Waals surface area contributed by atoms with Gasteiger partial charge in [0.25, 0.3) is 0 Å². The molecule has 6 heteroatoms. The Morgan fingerprint density at radius 1 is 1.14 bits per heavy atom. The van der Waals surface area contributed by atoms with Crippen LogP contribution in [0.2, 0.25) is 5.02 Å². The number of pyridine rings is 1. The van der Waals surface area contributed by atoms with Crippen molar-refractivity contribution in [3.05, 3.63) is 71.0 Å². The Bertz CT molecular complexity index is 931. The van der Waals surface area contributed by atoms with Gasteiger partial charge in [-0.1, -0.05) is 42.6 Å². The van der Waals surface area contributed by atoms with Crippen LogP contribution in [0.3, 0.4) is 0 Å². The molecule has 0 saturated heterocycles. The molecule has 0 bridgehead atoms. The molecule has 1 saturated carbocycles. The van der Waals surface area contributed by atoms with E-state index in [1.54, 1.807) is 18.3 Å². The van der Waals surface area contributed by atoms with Gasteiger partial charge in [0, 0.05) is 11.2 Å². The molecule has 1 N–H and O–H groups in total. The number of hydrogen-bond acceptors (Lipinski definition) is 3. The van der Waals surface area contributed by atoms with Crippen molar-refractivity contribution < 1.29 is 4.79 Å². The average Bonchev–Trinajstić information content (AvgIpc) is 3.38. The molecule has 0 radical (unpaired) electrons. The van der Waals surface area contributed by atoms with E-state index in [0.717, 1.165) is 35.5 Å². The van der Waals surface area contributed by atoms with E-state index in [2.05, 4.69) is 15.0 Å². The van der Waals surface area contributed by atoms with Gasteiger partial charge in [-0.05, 0) is 48.7 Å². The second-order valence-corrected chi connectivity index (χ2v) is 7.64. The van der Waals surface area contributed by atoms with Crippen molar-refractivity contribution in [2.45, 2.75) is 44.7 Å². The smallest absolute Gasteiger partial charge is 0.224 e. The van der Waals surface area contributed by atoms with Crippen molar-refractivity contribution in [2.75, 3.05) is 0 Å². The Hall–Kier alpha value is -2.66. The third-order valence-corrected chi connectivity index (χ3v) is 5.38. The van der Waals surface area contributed by atoms with Crippen molar-refractivity contribution in [2.24, 2.45) is 0 Å². The maximum Gasteiger partial charge on any atom is 0.224 e. The Labute approximate surface area is 169 Å². The molecule has 144 valence electrons. The van der Waals surface area contributed by atoms with E-state index in [9.17, 15) is 4.79 Å². The summed E-state index contributed by atoms with van der Waals surface area (Å²) in [5, 5.41) is 8.45. The van der Waals surface area contributed by atoms with Crippen LogP contribution >= 0.6 is 11.6 Å². The highest BCUT2D eigenvalue weighted by Crippen LogP contribution is 2.33. The number of rotatable bonds is 6. The Morgan fingerprint density at radius 3 is 2.64 bits per heavy atom. The number of halogens is 1. The van der Waals surface area contributed by atoms with Gasteiger partial charge in [0.15, 0.2) is 0 Å². The number of hydrogen-bond donors (Lipinski definition) is 1. The highest BCUT2D eigenvalue weighted by Gasteiger charge is 2.22. The summed E-state index contributed by atoms with van der Waals surface area (Å²) in [4.78, 5) is 16.8. The van der Waals surface area contributed by atoms with Gasteiger partial charge in [0.05, 0.1) is 36.1 Å². The Morgan fingerprint density at radius 2 is 1.93 bits per heavy atom. The zero-order valence-electron chi connectivity index (χ0n) is 15.6. The maximum atomic E-state index is 12.3. The molecule has 0 unspecified atom stereocenters. The number of nitrogens with zero attached hydrogens (tertiary/aromatic N) is 3. The molecule has 28 heavy (non-hydrogen) atoms. The fourth-order valence-corrected chi connectivity index (χ4v) is 3.83. The van der Waals surface area contributed by atoms with E-state index < -0.39 is 0 Å². The van der Waals surface area contributed by atoms with E-state index in [1.807, 2.05) is 36.4 Å². The predicted molar refractivity (Wildman–Crippen MR) is 110 cm³/mol. The number of carbonyl (C=O) groups excluding carboxylic acids is 1. The molecule has 2 heterocycles. The monoisotopic (exact) mass is 394 g/mol. The van der Waals surface area contributed by atoms with Crippen molar-refractivity contribution in [3.8, 4) is 11.4 Å². The van der Waals surface area contributed by atoms with Crippen molar-refractivity contribution >= 4 is 17.5 Å². The van der Waals surface area contributed by atoms with Crippen molar-refractivity contribution in [3.63, 3.8) is 0 Å². The van der Waals surface area contributed by atoms with Crippen LogP contribution in [0.5, 0.6) is 0 Å². The second kappa shape index (κ2) is 8.57. The van der Waals surface area contributed by atoms with Crippen LogP contribution in [0.4, 0.5) is 0 Å². The van der Waals surface area contributed by atoms with Gasteiger partial charge in [0.1, 0.15) is 0 Å². The van der Waals surface area contributed by atoms with Crippen LogP contribution in [0, 0.1) is 0 Å². The number of carbonyl (C=O) groups is 1. The summed E-state index contributed by atoms with van der Waals surface area (Å²) in [6.07, 6.45) is 6.88. The molecule has 1 aliphatic rings. The second-order valence-electron chi connectivity index (χ2n) is 7.20. The van der Waals surface area contributed by atoms with Crippen LogP contribution in [0.15, 0.2) is 54.7 Å². The fourth-order valence-electron chi connectivity index (χ4n) is 3.70.